The van der Waals surface area contributed by atoms with Crippen LogP contribution in [0, 0.1) is 5.92 Å². The zero-order chi connectivity index (χ0) is 32.9. The summed E-state index contributed by atoms with van der Waals surface area (Å²) < 4.78 is 7.67. The smallest absolute Gasteiger partial charge is 0.160 e. The molecule has 0 fully saturated rings. The van der Waals surface area contributed by atoms with E-state index >= 15 is 0 Å². The fraction of sp³-hybridized carbons (Fsp3) is 0.159. The van der Waals surface area contributed by atoms with E-state index in [9.17, 15) is 0 Å². The Balaban J connectivity index is 1.23. The van der Waals surface area contributed by atoms with E-state index in [0.29, 0.717) is 11.7 Å². The highest BCUT2D eigenvalue weighted by atomic mass is 32.1. The number of hydrogen-bond acceptors (Lipinski definition) is 5. The molecule has 0 N–H and O–H groups in total. The van der Waals surface area contributed by atoms with Gasteiger partial charge >= 0.3 is 0 Å². The minimum atomic E-state index is -0.153. The summed E-state index contributed by atoms with van der Waals surface area (Å²) in [4.78, 5) is 16.6. The molecule has 0 aliphatic heterocycles. The first-order valence-electron chi connectivity index (χ1n) is 17.1. The molecule has 236 valence electrons. The van der Waals surface area contributed by atoms with Crippen LogP contribution < -0.4 is 0 Å². The SMILES string of the molecule is CC(C)C1(C)c2ccc(-c3nc(-c4ccccn4)cc(-c4cccc5c6c(sc45)C=CCC6)n3)cc2-c2c1ccc1oc3ccccc3c21. The van der Waals surface area contributed by atoms with Gasteiger partial charge in [-0.15, -0.1) is 11.3 Å². The fourth-order valence-electron chi connectivity index (χ4n) is 8.20. The molecule has 0 bridgehead atoms. The second kappa shape index (κ2) is 10.6. The van der Waals surface area contributed by atoms with Gasteiger partial charge in [-0.25, -0.2) is 9.97 Å². The summed E-state index contributed by atoms with van der Waals surface area (Å²) in [5.41, 5.74) is 13.0. The van der Waals surface area contributed by atoms with E-state index in [1.165, 1.54) is 48.2 Å². The number of pyridine rings is 1. The summed E-state index contributed by atoms with van der Waals surface area (Å²) in [5, 5.41) is 3.66. The molecular formula is C44H33N3OS. The van der Waals surface area contributed by atoms with Crippen LogP contribution in [0.2, 0.25) is 0 Å². The van der Waals surface area contributed by atoms with Crippen LogP contribution in [0.1, 0.15) is 48.8 Å². The first-order valence-corrected chi connectivity index (χ1v) is 17.9. The van der Waals surface area contributed by atoms with Crippen molar-refractivity contribution in [1.29, 1.82) is 0 Å². The molecule has 5 heteroatoms. The number of nitrogens with zero attached hydrogens (tertiary/aromatic N) is 3. The number of rotatable bonds is 4. The summed E-state index contributed by atoms with van der Waals surface area (Å²) in [6.45, 7) is 7.05. The maximum atomic E-state index is 6.40. The Labute approximate surface area is 288 Å². The van der Waals surface area contributed by atoms with Crippen LogP contribution in [0.25, 0.3) is 83.3 Å². The van der Waals surface area contributed by atoms with E-state index in [-0.39, 0.29) is 5.41 Å². The zero-order valence-corrected chi connectivity index (χ0v) is 28.4. The zero-order valence-electron chi connectivity index (χ0n) is 27.6. The van der Waals surface area contributed by atoms with Crippen molar-refractivity contribution in [1.82, 2.24) is 15.0 Å². The molecule has 4 heterocycles. The van der Waals surface area contributed by atoms with Crippen LogP contribution in [0.5, 0.6) is 0 Å². The molecule has 0 radical (unpaired) electrons. The molecule has 2 aliphatic carbocycles. The highest BCUT2D eigenvalue weighted by Crippen LogP contribution is 2.56. The molecule has 0 amide bonds. The molecule has 4 aromatic heterocycles. The number of allylic oxidation sites excluding steroid dienone is 1. The molecule has 4 nitrogen and oxygen atoms in total. The number of aryl methyl sites for hydroxylation is 1. The Morgan fingerprint density at radius 2 is 1.59 bits per heavy atom. The van der Waals surface area contributed by atoms with Crippen molar-refractivity contribution in [2.75, 3.05) is 0 Å². The number of hydrogen-bond donors (Lipinski definition) is 0. The normalized spacial score (nSPS) is 16.5. The van der Waals surface area contributed by atoms with Gasteiger partial charge in [0, 0.05) is 43.1 Å². The van der Waals surface area contributed by atoms with Crippen LogP contribution >= 0.6 is 11.3 Å². The number of benzene rings is 4. The lowest BCUT2D eigenvalue weighted by molar-refractivity contribution is 0.414. The second-order valence-corrected chi connectivity index (χ2v) is 14.9. The largest absolute Gasteiger partial charge is 0.456 e. The van der Waals surface area contributed by atoms with Crippen molar-refractivity contribution in [2.24, 2.45) is 5.92 Å². The number of furan rings is 1. The number of fused-ring (bicyclic) bond motifs is 10. The summed E-state index contributed by atoms with van der Waals surface area (Å²) in [5.74, 6) is 1.08. The maximum Gasteiger partial charge on any atom is 0.160 e. The van der Waals surface area contributed by atoms with Crippen LogP contribution in [0.15, 0.2) is 114 Å². The quantitative estimate of drug-likeness (QED) is 0.190. The third-order valence-electron chi connectivity index (χ3n) is 11.0. The van der Waals surface area contributed by atoms with E-state index < -0.39 is 0 Å². The van der Waals surface area contributed by atoms with Crippen molar-refractivity contribution in [3.63, 3.8) is 0 Å². The van der Waals surface area contributed by atoms with Gasteiger partial charge in [0.05, 0.1) is 17.1 Å². The Bertz CT molecular complexity index is 2660. The number of para-hydroxylation sites is 1. The highest BCUT2D eigenvalue weighted by Gasteiger charge is 2.43. The molecule has 0 spiro atoms. The predicted octanol–water partition coefficient (Wildman–Crippen LogP) is 11.9. The summed E-state index contributed by atoms with van der Waals surface area (Å²) in [7, 11) is 0. The van der Waals surface area contributed by atoms with Crippen molar-refractivity contribution < 1.29 is 4.42 Å². The van der Waals surface area contributed by atoms with Crippen molar-refractivity contribution in [3.8, 4) is 45.2 Å². The molecule has 49 heavy (non-hydrogen) atoms. The third kappa shape index (κ3) is 4.12. The average Bonchev–Trinajstić information content (AvgIpc) is 3.80. The highest BCUT2D eigenvalue weighted by molar-refractivity contribution is 7.20. The minimum absolute atomic E-state index is 0.153. The second-order valence-electron chi connectivity index (χ2n) is 13.8. The molecule has 2 aliphatic rings. The first kappa shape index (κ1) is 28.6. The minimum Gasteiger partial charge on any atom is -0.456 e. The van der Waals surface area contributed by atoms with Gasteiger partial charge in [-0.3, -0.25) is 4.98 Å². The Hall–Kier alpha value is -5.39. The number of thiophene rings is 1. The summed E-state index contributed by atoms with van der Waals surface area (Å²) in [6, 6.07) is 34.4. The molecule has 10 rings (SSSR count). The van der Waals surface area contributed by atoms with Crippen LogP contribution in [-0.2, 0) is 11.8 Å². The molecule has 0 saturated carbocycles. The topological polar surface area (TPSA) is 51.8 Å². The van der Waals surface area contributed by atoms with Crippen molar-refractivity contribution >= 4 is 49.4 Å². The van der Waals surface area contributed by atoms with Gasteiger partial charge in [-0.05, 0) is 94.4 Å². The Kier molecular flexibility index (Phi) is 6.16. The maximum absolute atomic E-state index is 6.40. The van der Waals surface area contributed by atoms with Crippen molar-refractivity contribution in [2.45, 2.75) is 39.0 Å². The van der Waals surface area contributed by atoms with Gasteiger partial charge in [0.25, 0.3) is 0 Å². The molecule has 0 saturated heterocycles. The lowest BCUT2D eigenvalue weighted by atomic mass is 9.71. The fourth-order valence-corrected chi connectivity index (χ4v) is 9.50. The standard InChI is InChI=1S/C44H33N3OS/c1-25(2)44(3)32-19-18-26(23-31(32)40-33(44)20-21-38-41(40)30-12-4-6-16-37(30)48-38)43-46-35(24-36(47-43)34-15-8-9-22-45-34)29-14-10-13-28-27-11-5-7-17-39(27)49-42(28)29/h4,6-10,12-25H,5,11H2,1-3H3. The molecular weight excluding hydrogens is 619 g/mol. The van der Waals surface area contributed by atoms with Gasteiger partial charge in [0.1, 0.15) is 11.2 Å². The van der Waals surface area contributed by atoms with Crippen LogP contribution in [0.4, 0.5) is 0 Å². The van der Waals surface area contributed by atoms with E-state index in [1.807, 2.05) is 41.8 Å². The molecule has 4 aromatic carbocycles. The molecule has 1 unspecified atom stereocenters. The van der Waals surface area contributed by atoms with Gasteiger partial charge in [0.15, 0.2) is 5.82 Å². The Morgan fingerprint density at radius 3 is 2.47 bits per heavy atom. The van der Waals surface area contributed by atoms with Gasteiger partial charge in [-0.2, -0.15) is 0 Å². The van der Waals surface area contributed by atoms with E-state index in [2.05, 4.69) is 106 Å². The Morgan fingerprint density at radius 1 is 0.755 bits per heavy atom. The summed E-state index contributed by atoms with van der Waals surface area (Å²) >= 11 is 1.87. The molecule has 8 aromatic rings. The lowest BCUT2D eigenvalue weighted by Gasteiger charge is -2.32. The van der Waals surface area contributed by atoms with Gasteiger partial charge < -0.3 is 4.42 Å². The molecule has 1 atom stereocenters. The van der Waals surface area contributed by atoms with Crippen LogP contribution in [-0.4, -0.2) is 15.0 Å². The predicted molar refractivity (Wildman–Crippen MR) is 203 cm³/mol. The third-order valence-corrected chi connectivity index (χ3v) is 12.2. The van der Waals surface area contributed by atoms with E-state index in [4.69, 9.17) is 19.4 Å². The van der Waals surface area contributed by atoms with Crippen LogP contribution in [0.3, 0.4) is 0 Å². The van der Waals surface area contributed by atoms with Gasteiger partial charge in [0.2, 0.25) is 0 Å². The monoisotopic (exact) mass is 651 g/mol. The van der Waals surface area contributed by atoms with E-state index in [1.54, 1.807) is 0 Å². The first-order chi connectivity index (χ1) is 24.0. The van der Waals surface area contributed by atoms with Gasteiger partial charge in [-0.1, -0.05) is 87.5 Å². The summed E-state index contributed by atoms with van der Waals surface area (Å²) in [6.07, 6.45) is 8.56. The number of aromatic nitrogens is 3. The lowest BCUT2D eigenvalue weighted by Crippen LogP contribution is -2.27. The average molecular weight is 652 g/mol. The van der Waals surface area contributed by atoms with Crippen molar-refractivity contribution in [3.05, 3.63) is 131 Å². The van der Waals surface area contributed by atoms with E-state index in [0.717, 1.165) is 57.6 Å².